The molecule has 0 saturated heterocycles. The standard InChI is InChI=1S/C14H17N3OS/c15-12(10-11-4-2-1-3-5-11)14(18)17-7-6-13-16-8-9-19-13/h1-5,8-9,12H,6-7,10,15H2,(H,17,18)/t12-/m0/s1. The molecule has 0 bridgehead atoms. The number of carbonyl (C=O) groups is 1. The lowest BCUT2D eigenvalue weighted by Gasteiger charge is -2.11. The Bertz CT molecular complexity index is 499. The molecule has 2 aromatic rings. The van der Waals surface area contributed by atoms with Gasteiger partial charge in [0.1, 0.15) is 0 Å². The Kier molecular flexibility index (Phi) is 5.06. The molecule has 0 saturated carbocycles. The zero-order valence-electron chi connectivity index (χ0n) is 10.6. The van der Waals surface area contributed by atoms with Gasteiger partial charge in [0, 0.05) is 24.5 Å². The fourth-order valence-electron chi connectivity index (χ4n) is 1.76. The highest BCUT2D eigenvalue weighted by Gasteiger charge is 2.13. The number of hydrogen-bond acceptors (Lipinski definition) is 4. The highest BCUT2D eigenvalue weighted by molar-refractivity contribution is 7.09. The molecule has 4 nitrogen and oxygen atoms in total. The summed E-state index contributed by atoms with van der Waals surface area (Å²) in [7, 11) is 0. The van der Waals surface area contributed by atoms with Gasteiger partial charge in [-0.2, -0.15) is 0 Å². The van der Waals surface area contributed by atoms with Crippen LogP contribution in [0.5, 0.6) is 0 Å². The predicted molar refractivity (Wildman–Crippen MR) is 76.9 cm³/mol. The predicted octanol–water partition coefficient (Wildman–Crippen LogP) is 1.37. The molecule has 1 aromatic carbocycles. The van der Waals surface area contributed by atoms with Crippen molar-refractivity contribution in [2.24, 2.45) is 5.73 Å². The summed E-state index contributed by atoms with van der Waals surface area (Å²) in [5.41, 5.74) is 6.96. The first kappa shape index (κ1) is 13.7. The molecule has 1 heterocycles. The first-order valence-corrected chi connectivity index (χ1v) is 7.09. The van der Waals surface area contributed by atoms with Gasteiger partial charge in [-0.3, -0.25) is 4.79 Å². The van der Waals surface area contributed by atoms with Crippen LogP contribution in [-0.4, -0.2) is 23.5 Å². The fraction of sp³-hybridized carbons (Fsp3) is 0.286. The smallest absolute Gasteiger partial charge is 0.237 e. The van der Waals surface area contributed by atoms with Gasteiger partial charge in [-0.1, -0.05) is 30.3 Å². The second kappa shape index (κ2) is 7.01. The minimum absolute atomic E-state index is 0.111. The summed E-state index contributed by atoms with van der Waals surface area (Å²) in [4.78, 5) is 16.0. The number of rotatable bonds is 6. The van der Waals surface area contributed by atoms with E-state index in [9.17, 15) is 4.79 Å². The number of nitrogens with one attached hydrogen (secondary N) is 1. The van der Waals surface area contributed by atoms with Crippen LogP contribution in [0.3, 0.4) is 0 Å². The fourth-order valence-corrected chi connectivity index (χ4v) is 2.38. The van der Waals surface area contributed by atoms with E-state index in [1.165, 1.54) is 0 Å². The van der Waals surface area contributed by atoms with E-state index in [4.69, 9.17) is 5.73 Å². The van der Waals surface area contributed by atoms with E-state index < -0.39 is 6.04 Å². The number of nitrogens with zero attached hydrogens (tertiary/aromatic N) is 1. The Labute approximate surface area is 116 Å². The Morgan fingerprint density at radius 3 is 2.84 bits per heavy atom. The summed E-state index contributed by atoms with van der Waals surface area (Å²) in [6, 6.07) is 9.29. The van der Waals surface area contributed by atoms with Crippen molar-refractivity contribution in [3.63, 3.8) is 0 Å². The second-order valence-corrected chi connectivity index (χ2v) is 5.24. The molecular weight excluding hydrogens is 258 g/mol. The van der Waals surface area contributed by atoms with Gasteiger partial charge < -0.3 is 11.1 Å². The Balaban J connectivity index is 1.73. The summed E-state index contributed by atoms with van der Waals surface area (Å²) in [6.45, 7) is 0.578. The van der Waals surface area contributed by atoms with Crippen molar-refractivity contribution >= 4 is 17.2 Å². The van der Waals surface area contributed by atoms with Crippen LogP contribution < -0.4 is 11.1 Å². The van der Waals surface area contributed by atoms with Crippen LogP contribution in [0, 0.1) is 0 Å². The maximum absolute atomic E-state index is 11.8. The van der Waals surface area contributed by atoms with Gasteiger partial charge in [0.05, 0.1) is 11.0 Å². The van der Waals surface area contributed by atoms with Crippen LogP contribution in [-0.2, 0) is 17.6 Å². The molecule has 0 spiro atoms. The average molecular weight is 275 g/mol. The molecule has 0 aliphatic rings. The molecule has 0 aliphatic carbocycles. The third-order valence-corrected chi connectivity index (χ3v) is 3.60. The van der Waals surface area contributed by atoms with Crippen molar-refractivity contribution in [3.05, 3.63) is 52.5 Å². The zero-order valence-corrected chi connectivity index (χ0v) is 11.4. The number of hydrogen-bond donors (Lipinski definition) is 2. The molecule has 100 valence electrons. The first-order valence-electron chi connectivity index (χ1n) is 6.21. The Morgan fingerprint density at radius 2 is 2.16 bits per heavy atom. The van der Waals surface area contributed by atoms with Gasteiger partial charge in [-0.05, 0) is 12.0 Å². The van der Waals surface area contributed by atoms with E-state index in [0.29, 0.717) is 13.0 Å². The number of aromatic nitrogens is 1. The first-order chi connectivity index (χ1) is 9.25. The van der Waals surface area contributed by atoms with E-state index >= 15 is 0 Å². The molecule has 1 aromatic heterocycles. The summed E-state index contributed by atoms with van der Waals surface area (Å²) >= 11 is 1.59. The summed E-state index contributed by atoms with van der Waals surface area (Å²) in [5, 5.41) is 5.80. The highest BCUT2D eigenvalue weighted by Crippen LogP contribution is 2.04. The molecule has 0 radical (unpaired) electrons. The molecule has 1 atom stereocenters. The van der Waals surface area contributed by atoms with Crippen LogP contribution in [0.25, 0.3) is 0 Å². The largest absolute Gasteiger partial charge is 0.354 e. The number of nitrogens with two attached hydrogens (primary N) is 1. The lowest BCUT2D eigenvalue weighted by atomic mass is 10.1. The Morgan fingerprint density at radius 1 is 1.37 bits per heavy atom. The van der Waals surface area contributed by atoms with Crippen LogP contribution in [0.1, 0.15) is 10.6 Å². The van der Waals surface area contributed by atoms with Crippen LogP contribution in [0.2, 0.25) is 0 Å². The molecule has 0 unspecified atom stereocenters. The van der Waals surface area contributed by atoms with Gasteiger partial charge in [0.25, 0.3) is 0 Å². The molecule has 19 heavy (non-hydrogen) atoms. The Hall–Kier alpha value is -1.72. The third kappa shape index (κ3) is 4.46. The van der Waals surface area contributed by atoms with Crippen molar-refractivity contribution in [2.45, 2.75) is 18.9 Å². The van der Waals surface area contributed by atoms with Crippen LogP contribution in [0.4, 0.5) is 0 Å². The van der Waals surface area contributed by atoms with Crippen molar-refractivity contribution < 1.29 is 4.79 Å². The van der Waals surface area contributed by atoms with Crippen molar-refractivity contribution in [1.29, 1.82) is 0 Å². The van der Waals surface area contributed by atoms with Crippen molar-refractivity contribution in [3.8, 4) is 0 Å². The summed E-state index contributed by atoms with van der Waals surface area (Å²) in [6.07, 6.45) is 3.08. The second-order valence-electron chi connectivity index (χ2n) is 4.26. The lowest BCUT2D eigenvalue weighted by molar-refractivity contribution is -0.122. The molecule has 0 fully saturated rings. The molecule has 5 heteroatoms. The van der Waals surface area contributed by atoms with E-state index in [-0.39, 0.29) is 5.91 Å². The van der Waals surface area contributed by atoms with Gasteiger partial charge in [0.2, 0.25) is 5.91 Å². The third-order valence-electron chi connectivity index (χ3n) is 2.76. The van der Waals surface area contributed by atoms with Gasteiger partial charge in [-0.15, -0.1) is 11.3 Å². The minimum Gasteiger partial charge on any atom is -0.354 e. The quantitative estimate of drug-likeness (QED) is 0.836. The lowest BCUT2D eigenvalue weighted by Crippen LogP contribution is -2.42. The number of amides is 1. The molecule has 1 amide bonds. The van der Waals surface area contributed by atoms with E-state index in [1.807, 2.05) is 35.7 Å². The normalized spacial score (nSPS) is 12.1. The van der Waals surface area contributed by atoms with Gasteiger partial charge >= 0.3 is 0 Å². The molecular formula is C14H17N3OS. The van der Waals surface area contributed by atoms with Gasteiger partial charge in [-0.25, -0.2) is 4.98 Å². The van der Waals surface area contributed by atoms with E-state index in [1.54, 1.807) is 17.5 Å². The van der Waals surface area contributed by atoms with E-state index in [2.05, 4.69) is 10.3 Å². The van der Waals surface area contributed by atoms with Crippen molar-refractivity contribution in [1.82, 2.24) is 10.3 Å². The molecule has 0 aliphatic heterocycles. The highest BCUT2D eigenvalue weighted by atomic mass is 32.1. The van der Waals surface area contributed by atoms with Crippen LogP contribution in [0.15, 0.2) is 41.9 Å². The topological polar surface area (TPSA) is 68.0 Å². The number of carbonyl (C=O) groups excluding carboxylic acids is 1. The zero-order chi connectivity index (χ0) is 13.5. The minimum atomic E-state index is -0.501. The molecule has 3 N–H and O–H groups in total. The maximum atomic E-state index is 11.8. The molecule has 2 rings (SSSR count). The van der Waals surface area contributed by atoms with Crippen LogP contribution >= 0.6 is 11.3 Å². The van der Waals surface area contributed by atoms with Crippen molar-refractivity contribution in [2.75, 3.05) is 6.54 Å². The maximum Gasteiger partial charge on any atom is 0.237 e. The number of thiazole rings is 1. The van der Waals surface area contributed by atoms with E-state index in [0.717, 1.165) is 17.0 Å². The van der Waals surface area contributed by atoms with Gasteiger partial charge in [0.15, 0.2) is 0 Å². The summed E-state index contributed by atoms with van der Waals surface area (Å²) in [5.74, 6) is -0.111. The average Bonchev–Trinajstić information content (AvgIpc) is 2.93. The number of benzene rings is 1. The monoisotopic (exact) mass is 275 g/mol. The summed E-state index contributed by atoms with van der Waals surface area (Å²) < 4.78 is 0. The SMILES string of the molecule is N[C@@H](Cc1ccccc1)C(=O)NCCc1nccs1.